The van der Waals surface area contributed by atoms with Crippen molar-refractivity contribution in [1.29, 1.82) is 5.26 Å². The normalized spacial score (nSPS) is 15.3. The van der Waals surface area contributed by atoms with Crippen LogP contribution in [0.5, 0.6) is 0 Å². The van der Waals surface area contributed by atoms with Gasteiger partial charge in [0, 0.05) is 41.9 Å². The van der Waals surface area contributed by atoms with E-state index >= 15 is 0 Å². The summed E-state index contributed by atoms with van der Waals surface area (Å²) in [5.74, 6) is 0.266. The van der Waals surface area contributed by atoms with E-state index in [0.717, 1.165) is 10.6 Å². The van der Waals surface area contributed by atoms with E-state index in [-0.39, 0.29) is 17.0 Å². The number of benzene rings is 1. The molecule has 4 rings (SSSR count). The lowest BCUT2D eigenvalue weighted by atomic mass is 10.1. The highest BCUT2D eigenvalue weighted by Crippen LogP contribution is 2.18. The van der Waals surface area contributed by atoms with E-state index in [4.69, 9.17) is 0 Å². The average molecular weight is 432 g/mol. The highest BCUT2D eigenvalue weighted by Gasteiger charge is 2.17. The Morgan fingerprint density at radius 1 is 1.19 bits per heavy atom. The van der Waals surface area contributed by atoms with Gasteiger partial charge in [0.15, 0.2) is 0 Å². The number of nitro groups is 1. The third-order valence-corrected chi connectivity index (χ3v) is 5.05. The van der Waals surface area contributed by atoms with Gasteiger partial charge >= 0.3 is 0 Å². The molecule has 2 heterocycles. The van der Waals surface area contributed by atoms with Gasteiger partial charge in [-0.1, -0.05) is 32.4 Å². The Balaban J connectivity index is 0.000000913. The van der Waals surface area contributed by atoms with Crippen LogP contribution in [0.2, 0.25) is 0 Å². The SMILES string of the molecule is CCC.Cn1c2/c(c3c1cc(C#N)c(=O)n3-c1ccc([N+](=O)[O-])cc1)=C\C/C=C(/O)CC=2. The number of rotatable bonds is 2. The van der Waals surface area contributed by atoms with Crippen LogP contribution < -0.4 is 16.1 Å². The van der Waals surface area contributed by atoms with Gasteiger partial charge in [-0.3, -0.25) is 19.5 Å². The molecule has 32 heavy (non-hydrogen) atoms. The van der Waals surface area contributed by atoms with Gasteiger partial charge in [-0.2, -0.15) is 5.26 Å². The molecule has 0 saturated heterocycles. The first-order valence-corrected chi connectivity index (χ1v) is 10.3. The van der Waals surface area contributed by atoms with Crippen LogP contribution in [0.25, 0.3) is 28.9 Å². The van der Waals surface area contributed by atoms with Gasteiger partial charge in [-0.05, 0) is 30.7 Å². The summed E-state index contributed by atoms with van der Waals surface area (Å²) in [5, 5.41) is 32.0. The molecule has 0 atom stereocenters. The van der Waals surface area contributed by atoms with Gasteiger partial charge in [-0.15, -0.1) is 0 Å². The first-order chi connectivity index (χ1) is 15.3. The van der Waals surface area contributed by atoms with E-state index in [1.165, 1.54) is 35.3 Å². The lowest BCUT2D eigenvalue weighted by Crippen LogP contribution is -2.30. The molecule has 8 nitrogen and oxygen atoms in total. The quantitative estimate of drug-likeness (QED) is 0.493. The third kappa shape index (κ3) is 4.05. The third-order valence-electron chi connectivity index (χ3n) is 5.05. The molecule has 0 unspecified atom stereocenters. The fourth-order valence-corrected chi connectivity index (χ4v) is 3.64. The Morgan fingerprint density at radius 3 is 2.44 bits per heavy atom. The first-order valence-electron chi connectivity index (χ1n) is 10.3. The zero-order valence-electron chi connectivity index (χ0n) is 18.2. The van der Waals surface area contributed by atoms with Gasteiger partial charge in [0.2, 0.25) is 0 Å². The lowest BCUT2D eigenvalue weighted by molar-refractivity contribution is -0.384. The molecule has 0 amide bonds. The number of aromatic nitrogens is 2. The van der Waals surface area contributed by atoms with Gasteiger partial charge in [0.05, 0.1) is 21.7 Å². The minimum atomic E-state index is -0.507. The van der Waals surface area contributed by atoms with Crippen LogP contribution in [0.15, 0.2) is 47.0 Å². The molecule has 0 radical (unpaired) electrons. The second-order valence-corrected chi connectivity index (χ2v) is 7.43. The van der Waals surface area contributed by atoms with E-state index in [0.29, 0.717) is 29.6 Å². The second kappa shape index (κ2) is 9.35. The molecule has 0 bridgehead atoms. The molecule has 1 aliphatic rings. The molecule has 0 fully saturated rings. The van der Waals surface area contributed by atoms with Crippen molar-refractivity contribution < 1.29 is 10.0 Å². The van der Waals surface area contributed by atoms with E-state index in [1.54, 1.807) is 12.1 Å². The highest BCUT2D eigenvalue weighted by molar-refractivity contribution is 5.82. The number of aliphatic hydroxyl groups is 1. The summed E-state index contributed by atoms with van der Waals surface area (Å²) in [4.78, 5) is 23.5. The molecule has 0 spiro atoms. The van der Waals surface area contributed by atoms with Crippen LogP contribution in [0.3, 0.4) is 0 Å². The van der Waals surface area contributed by atoms with Crippen molar-refractivity contribution >= 4 is 28.9 Å². The molecule has 1 N–H and O–H groups in total. The van der Waals surface area contributed by atoms with Crippen molar-refractivity contribution in [2.75, 3.05) is 0 Å². The lowest BCUT2D eigenvalue weighted by Gasteiger charge is -2.09. The van der Waals surface area contributed by atoms with Crippen molar-refractivity contribution in [3.05, 3.63) is 78.8 Å². The number of hydrogen-bond acceptors (Lipinski definition) is 5. The zero-order valence-corrected chi connectivity index (χ0v) is 18.2. The van der Waals surface area contributed by atoms with Crippen LogP contribution >= 0.6 is 0 Å². The van der Waals surface area contributed by atoms with Crippen LogP contribution in [-0.2, 0) is 7.05 Å². The van der Waals surface area contributed by atoms with Gasteiger partial charge in [-0.25, -0.2) is 0 Å². The number of aryl methyl sites for hydroxylation is 1. The largest absolute Gasteiger partial charge is 0.512 e. The van der Waals surface area contributed by atoms with Crippen molar-refractivity contribution in [2.24, 2.45) is 7.05 Å². The van der Waals surface area contributed by atoms with E-state index in [1.807, 2.05) is 29.8 Å². The van der Waals surface area contributed by atoms with Crippen molar-refractivity contribution in [3.63, 3.8) is 0 Å². The maximum absolute atomic E-state index is 13.1. The number of fused-ring (bicyclic) bond motifs is 3. The second-order valence-electron chi connectivity index (χ2n) is 7.43. The number of hydrogen-bond donors (Lipinski definition) is 1. The first kappa shape index (κ1) is 22.6. The fourth-order valence-electron chi connectivity index (χ4n) is 3.64. The number of nitriles is 1. The summed E-state index contributed by atoms with van der Waals surface area (Å²) in [6.07, 6.45) is 7.58. The molecule has 0 aliphatic heterocycles. The predicted octanol–water partition coefficient (Wildman–Crippen LogP) is 3.32. The summed E-state index contributed by atoms with van der Waals surface area (Å²) < 4.78 is 3.30. The molecule has 1 aliphatic carbocycles. The van der Waals surface area contributed by atoms with Crippen LogP contribution in [0, 0.1) is 21.4 Å². The molecule has 164 valence electrons. The van der Waals surface area contributed by atoms with Crippen molar-refractivity contribution in [1.82, 2.24) is 9.13 Å². The summed E-state index contributed by atoms with van der Waals surface area (Å²) in [6.45, 7) is 4.25. The molecule has 8 heteroatoms. The molecular formula is C24H24N4O4. The van der Waals surface area contributed by atoms with E-state index < -0.39 is 10.5 Å². The number of nitro benzene ring substituents is 1. The van der Waals surface area contributed by atoms with E-state index in [9.17, 15) is 25.3 Å². The van der Waals surface area contributed by atoms with Crippen LogP contribution in [0.4, 0.5) is 5.69 Å². The Bertz CT molecular complexity index is 1440. The number of nitrogens with zero attached hydrogens (tertiary/aromatic N) is 4. The predicted molar refractivity (Wildman–Crippen MR) is 124 cm³/mol. The maximum Gasteiger partial charge on any atom is 0.273 e. The summed E-state index contributed by atoms with van der Waals surface area (Å²) >= 11 is 0. The van der Waals surface area contributed by atoms with Crippen LogP contribution in [0.1, 0.15) is 38.7 Å². The molecule has 0 saturated carbocycles. The minimum absolute atomic E-state index is 0.0228. The Kier molecular flexibility index (Phi) is 6.59. The molecule has 3 aromatic rings. The van der Waals surface area contributed by atoms with Crippen molar-refractivity contribution in [3.8, 4) is 11.8 Å². The minimum Gasteiger partial charge on any atom is -0.512 e. The Labute approximate surface area is 184 Å². The van der Waals surface area contributed by atoms with Gasteiger partial charge in [0.1, 0.15) is 11.6 Å². The number of aliphatic hydroxyl groups excluding tert-OH is 1. The monoisotopic (exact) mass is 432 g/mol. The van der Waals surface area contributed by atoms with Gasteiger partial charge in [0.25, 0.3) is 11.2 Å². The number of non-ortho nitro benzene ring substituents is 1. The molecule has 1 aromatic carbocycles. The average Bonchev–Trinajstić information content (AvgIpc) is 3.01. The van der Waals surface area contributed by atoms with Crippen molar-refractivity contribution in [2.45, 2.75) is 33.1 Å². The smallest absolute Gasteiger partial charge is 0.273 e. The summed E-state index contributed by atoms with van der Waals surface area (Å²) in [6, 6.07) is 9.15. The van der Waals surface area contributed by atoms with E-state index in [2.05, 4.69) is 13.8 Å². The standard InChI is InChI=1S/C21H16N4O4.C3H8/c1-23-18-10-9-16(26)3-2-4-17(18)20-19(23)11-13(12-22)21(27)24(20)14-5-7-15(8-6-14)25(28)29;1-3-2/h3-8,10-11,26H,2,9H2,1H3;3H2,1-2H3/b16-3+,17-4+,18-10?;. The Morgan fingerprint density at radius 2 is 1.84 bits per heavy atom. The van der Waals surface area contributed by atoms with Gasteiger partial charge < -0.3 is 9.67 Å². The number of allylic oxidation sites excluding steroid dienone is 2. The summed E-state index contributed by atoms with van der Waals surface area (Å²) in [7, 11) is 1.83. The highest BCUT2D eigenvalue weighted by atomic mass is 16.6. The van der Waals surface area contributed by atoms with Crippen LogP contribution in [-0.4, -0.2) is 19.2 Å². The maximum atomic E-state index is 13.1. The summed E-state index contributed by atoms with van der Waals surface area (Å²) in [5.41, 5.74) is 1.13. The number of pyridine rings is 1. The fraction of sp³-hybridized carbons (Fsp3) is 0.250. The molecular weight excluding hydrogens is 408 g/mol. The molecule has 2 aromatic heterocycles. The topological polar surface area (TPSA) is 114 Å². The Hall–Kier alpha value is -4.12. The zero-order chi connectivity index (χ0) is 23.4.